The van der Waals surface area contributed by atoms with E-state index in [-0.39, 0.29) is 43.1 Å². The number of para-hydroxylation sites is 1. The fourth-order valence-corrected chi connectivity index (χ4v) is 6.84. The molecule has 0 fully saturated rings. The Bertz CT molecular complexity index is 2430. The summed E-state index contributed by atoms with van der Waals surface area (Å²) in [5.74, 6) is 0.991. The zero-order chi connectivity index (χ0) is 38.4. The van der Waals surface area contributed by atoms with Crippen LogP contribution in [0.4, 0.5) is 17.2 Å². The van der Waals surface area contributed by atoms with Crippen LogP contribution in [0.25, 0.3) is 44.4 Å². The van der Waals surface area contributed by atoms with E-state index < -0.39 is 0 Å². The van der Waals surface area contributed by atoms with Crippen molar-refractivity contribution in [3.63, 3.8) is 0 Å². The molecule has 0 aliphatic rings. The van der Waals surface area contributed by atoms with Gasteiger partial charge in [0.05, 0.1) is 11.4 Å². The number of aromatic hydroxyl groups is 1. The maximum absolute atomic E-state index is 11.1. The monoisotopic (exact) mass is 903 g/mol. The molecule has 1 N–H and O–H groups in total. The third kappa shape index (κ3) is 8.46. The van der Waals surface area contributed by atoms with Crippen LogP contribution < -0.4 is 4.90 Å². The smallest absolute Gasteiger partial charge is 0.136 e. The van der Waals surface area contributed by atoms with Gasteiger partial charge in [-0.25, -0.2) is 4.98 Å². The number of anilines is 3. The molecule has 5 aromatic carbocycles. The molecule has 282 valence electrons. The first kappa shape index (κ1) is 39.6. The van der Waals surface area contributed by atoms with Crippen LogP contribution in [-0.4, -0.2) is 15.1 Å². The van der Waals surface area contributed by atoms with Crippen molar-refractivity contribution in [2.24, 2.45) is 0 Å². The summed E-state index contributed by atoms with van der Waals surface area (Å²) in [4.78, 5) is 12.4. The second-order valence-electron chi connectivity index (χ2n) is 17.4. The van der Waals surface area contributed by atoms with Crippen molar-refractivity contribution in [3.8, 4) is 39.4 Å². The average Bonchev–Trinajstić information content (AvgIpc) is 3.14. The summed E-state index contributed by atoms with van der Waals surface area (Å²) in [6.45, 7) is 20.3. The Morgan fingerprint density at radius 2 is 1.15 bits per heavy atom. The van der Waals surface area contributed by atoms with Crippen LogP contribution >= 0.6 is 0 Å². The van der Waals surface area contributed by atoms with E-state index in [2.05, 4.69) is 158 Å². The Kier molecular flexibility index (Phi) is 11.0. The zero-order valence-corrected chi connectivity index (χ0v) is 35.6. The molecule has 2 heterocycles. The van der Waals surface area contributed by atoms with Crippen LogP contribution in [0.3, 0.4) is 0 Å². The fourth-order valence-electron chi connectivity index (χ4n) is 6.84. The minimum Gasteiger partial charge on any atom is -0.507 e. The second kappa shape index (κ2) is 15.2. The summed E-state index contributed by atoms with van der Waals surface area (Å²) in [7, 11) is 0. The second-order valence-corrected chi connectivity index (χ2v) is 17.4. The van der Waals surface area contributed by atoms with Gasteiger partial charge in [-0.15, -0.1) is 29.3 Å². The van der Waals surface area contributed by atoms with E-state index in [9.17, 15) is 5.11 Å². The number of phenolic OH excluding ortho intramolecular Hbond substituents is 1. The molecule has 7 aromatic rings. The average molecular weight is 904 g/mol. The van der Waals surface area contributed by atoms with E-state index in [1.54, 1.807) is 6.07 Å². The largest absolute Gasteiger partial charge is 0.507 e. The van der Waals surface area contributed by atoms with Crippen molar-refractivity contribution in [1.29, 1.82) is 0 Å². The predicted octanol–water partition coefficient (Wildman–Crippen LogP) is 13.5. The Labute approximate surface area is 341 Å². The summed E-state index contributed by atoms with van der Waals surface area (Å²) in [6.07, 6.45) is 1.84. The molecular formula is C50H50N3OPt-. The third-order valence-electron chi connectivity index (χ3n) is 10.1. The summed E-state index contributed by atoms with van der Waals surface area (Å²) in [6, 6.07) is 47.9. The number of fused-ring (bicyclic) bond motifs is 1. The molecule has 4 nitrogen and oxygen atoms in total. The van der Waals surface area contributed by atoms with Gasteiger partial charge in [-0.1, -0.05) is 141 Å². The molecule has 0 bridgehead atoms. The molecule has 0 spiro atoms. The summed E-state index contributed by atoms with van der Waals surface area (Å²) >= 11 is 0. The fraction of sp³-hybridized carbons (Fsp3) is 0.240. The quantitative estimate of drug-likeness (QED) is 0.169. The molecule has 55 heavy (non-hydrogen) atoms. The van der Waals surface area contributed by atoms with Crippen molar-refractivity contribution in [2.45, 2.75) is 78.6 Å². The molecule has 0 radical (unpaired) electrons. The number of nitrogens with zero attached hydrogens (tertiary/aromatic N) is 3. The van der Waals surface area contributed by atoms with E-state index in [1.807, 2.05) is 42.6 Å². The molecule has 5 heteroatoms. The predicted molar refractivity (Wildman–Crippen MR) is 227 cm³/mol. The number of phenols is 1. The van der Waals surface area contributed by atoms with Gasteiger partial charge in [0, 0.05) is 38.2 Å². The molecule has 0 aliphatic heterocycles. The number of rotatable bonds is 6. The number of hydrogen-bond donors (Lipinski definition) is 1. The Balaban J connectivity index is 0.00000514. The van der Waals surface area contributed by atoms with Crippen LogP contribution in [0.1, 0.15) is 79.0 Å². The molecule has 0 saturated heterocycles. The van der Waals surface area contributed by atoms with Crippen molar-refractivity contribution in [1.82, 2.24) is 9.97 Å². The third-order valence-corrected chi connectivity index (χ3v) is 10.1. The van der Waals surface area contributed by atoms with Gasteiger partial charge >= 0.3 is 0 Å². The maximum atomic E-state index is 11.1. The van der Waals surface area contributed by atoms with Gasteiger partial charge in [-0.2, -0.15) is 0 Å². The van der Waals surface area contributed by atoms with Crippen LogP contribution in [0, 0.1) is 6.07 Å². The molecule has 0 unspecified atom stereocenters. The van der Waals surface area contributed by atoms with Crippen molar-refractivity contribution in [2.75, 3.05) is 4.90 Å². The van der Waals surface area contributed by atoms with Crippen molar-refractivity contribution >= 4 is 28.0 Å². The molecular weight excluding hydrogens is 854 g/mol. The molecule has 0 amide bonds. The van der Waals surface area contributed by atoms with E-state index in [1.165, 1.54) is 11.1 Å². The van der Waals surface area contributed by atoms with Crippen molar-refractivity contribution < 1.29 is 26.2 Å². The number of aromatic nitrogens is 2. The van der Waals surface area contributed by atoms with E-state index in [0.29, 0.717) is 11.3 Å². The Hall–Kier alpha value is -5.05. The van der Waals surface area contributed by atoms with Crippen LogP contribution in [0.15, 0.2) is 134 Å². The zero-order valence-electron chi connectivity index (χ0n) is 33.3. The summed E-state index contributed by atoms with van der Waals surface area (Å²) < 4.78 is 0. The van der Waals surface area contributed by atoms with Gasteiger partial charge in [0.2, 0.25) is 0 Å². The standard InChI is InChI=1S/C50H50N3O.Pt/c1-48(2,3)37-25-34(26-38(31-37)49(4,5)6)35-29-43(52-44(30-35)42-20-12-13-22-46(42)54)36-27-39(50(7,8)9)32-40(28-36)53(47-23-14-15-24-51-47)45-21-16-18-33-17-10-11-19-41(33)45;/h10-27,29-32,54H,1-9H3;/q-1;. The normalized spacial score (nSPS) is 12.0. The van der Waals surface area contributed by atoms with Gasteiger partial charge in [0.1, 0.15) is 11.6 Å². The minimum atomic E-state index is -0.187. The van der Waals surface area contributed by atoms with Crippen LogP contribution in [-0.2, 0) is 37.3 Å². The first-order chi connectivity index (χ1) is 25.6. The first-order valence-corrected chi connectivity index (χ1v) is 18.8. The topological polar surface area (TPSA) is 49.3 Å². The van der Waals surface area contributed by atoms with Crippen LogP contribution in [0.5, 0.6) is 5.75 Å². The van der Waals surface area contributed by atoms with E-state index >= 15 is 0 Å². The number of benzene rings is 5. The van der Waals surface area contributed by atoms with Gasteiger partial charge in [-0.3, -0.25) is 4.98 Å². The molecule has 7 rings (SSSR count). The summed E-state index contributed by atoms with van der Waals surface area (Å²) in [5.41, 5.74) is 10.5. The Morgan fingerprint density at radius 1 is 0.564 bits per heavy atom. The maximum Gasteiger partial charge on any atom is 0.136 e. The first-order valence-electron chi connectivity index (χ1n) is 18.8. The van der Waals surface area contributed by atoms with Crippen molar-refractivity contribution in [3.05, 3.63) is 156 Å². The van der Waals surface area contributed by atoms with Gasteiger partial charge in [0.25, 0.3) is 0 Å². The van der Waals surface area contributed by atoms with E-state index in [4.69, 9.17) is 9.97 Å². The SMILES string of the molecule is CC(C)(C)c1cc(-c2cc(-c3cc(C(C)(C)C)cc(C(C)(C)C)c3)cc(-c3ccccc3O)n2)[c-]c(N(c2ccccn2)c2cccc3ccccc23)c1.[Pt]. The summed E-state index contributed by atoms with van der Waals surface area (Å²) in [5, 5.41) is 13.4. The van der Waals surface area contributed by atoms with Gasteiger partial charge in [-0.05, 0) is 91.7 Å². The molecule has 0 aliphatic carbocycles. The minimum absolute atomic E-state index is 0. The van der Waals surface area contributed by atoms with Gasteiger partial charge < -0.3 is 10.0 Å². The molecule has 0 saturated carbocycles. The number of hydrogen-bond acceptors (Lipinski definition) is 4. The molecule has 0 atom stereocenters. The molecule has 2 aromatic heterocycles. The van der Waals surface area contributed by atoms with E-state index in [0.717, 1.165) is 55.9 Å². The Morgan fingerprint density at radius 3 is 1.80 bits per heavy atom. The number of pyridine rings is 2. The van der Waals surface area contributed by atoms with Gasteiger partial charge in [0.15, 0.2) is 0 Å². The van der Waals surface area contributed by atoms with Crippen LogP contribution in [0.2, 0.25) is 0 Å².